The van der Waals surface area contributed by atoms with Gasteiger partial charge in [0.15, 0.2) is 0 Å². The fourth-order valence-electron chi connectivity index (χ4n) is 4.17. The molecule has 0 saturated heterocycles. The zero-order chi connectivity index (χ0) is 10.6. The molecule has 0 spiro atoms. The van der Waals surface area contributed by atoms with Gasteiger partial charge in [0.05, 0.1) is 6.10 Å². The molecule has 2 rings (SSSR count). The molecule has 1 unspecified atom stereocenters. The average molecular weight is 196 g/mol. The molecule has 0 aliphatic heterocycles. The minimum Gasteiger partial charge on any atom is -0.393 e. The van der Waals surface area contributed by atoms with E-state index < -0.39 is 0 Å². The molecule has 2 aliphatic carbocycles. The molecular weight excluding hydrogens is 172 g/mol. The van der Waals surface area contributed by atoms with Crippen molar-refractivity contribution in [3.8, 4) is 0 Å². The Morgan fingerprint density at radius 1 is 1.07 bits per heavy atom. The second-order valence-electron chi connectivity index (χ2n) is 6.44. The summed E-state index contributed by atoms with van der Waals surface area (Å²) in [5.41, 5.74) is 0.639. The Bertz CT molecular complexity index is 233. The SMILES string of the molecule is CC1CC[C@H]2C(C)(C)CC[C@@H](O)[C@@]12C. The van der Waals surface area contributed by atoms with E-state index in [-0.39, 0.29) is 11.5 Å². The molecule has 0 aromatic rings. The van der Waals surface area contributed by atoms with Gasteiger partial charge in [-0.05, 0) is 48.3 Å². The lowest BCUT2D eigenvalue weighted by molar-refractivity contribution is -0.0990. The zero-order valence-corrected chi connectivity index (χ0v) is 10.0. The summed E-state index contributed by atoms with van der Waals surface area (Å²) in [7, 11) is 0. The number of aliphatic hydroxyl groups is 1. The fraction of sp³-hybridized carbons (Fsp3) is 1.00. The van der Waals surface area contributed by atoms with Gasteiger partial charge in [-0.3, -0.25) is 0 Å². The van der Waals surface area contributed by atoms with Crippen molar-refractivity contribution in [3.63, 3.8) is 0 Å². The standard InChI is InChI=1S/C13H24O/c1-9-5-6-10-12(2,3)8-7-11(14)13(9,10)4/h9-11,14H,5-8H2,1-4H3/t9?,10-,11+,13-/m0/s1. The Balaban J connectivity index is 2.35. The normalized spacial score (nSPS) is 51.6. The molecule has 2 saturated carbocycles. The molecule has 0 amide bonds. The molecular formula is C13H24O. The molecule has 2 fully saturated rings. The van der Waals surface area contributed by atoms with Gasteiger partial charge in [-0.1, -0.05) is 27.7 Å². The fourth-order valence-corrected chi connectivity index (χ4v) is 4.17. The molecule has 1 heteroatoms. The quantitative estimate of drug-likeness (QED) is 0.630. The second kappa shape index (κ2) is 2.98. The maximum atomic E-state index is 10.2. The van der Waals surface area contributed by atoms with E-state index in [1.165, 1.54) is 19.3 Å². The summed E-state index contributed by atoms with van der Waals surface area (Å²) in [6.45, 7) is 9.42. The van der Waals surface area contributed by atoms with Gasteiger partial charge in [0, 0.05) is 0 Å². The second-order valence-corrected chi connectivity index (χ2v) is 6.44. The topological polar surface area (TPSA) is 20.2 Å². The first-order chi connectivity index (χ1) is 6.39. The van der Waals surface area contributed by atoms with Crippen LogP contribution in [0.25, 0.3) is 0 Å². The van der Waals surface area contributed by atoms with E-state index in [1.807, 2.05) is 0 Å². The number of fused-ring (bicyclic) bond motifs is 1. The number of rotatable bonds is 0. The summed E-state index contributed by atoms with van der Waals surface area (Å²) in [6.07, 6.45) is 4.77. The van der Waals surface area contributed by atoms with Gasteiger partial charge in [0.2, 0.25) is 0 Å². The Kier molecular flexibility index (Phi) is 2.23. The summed E-state index contributed by atoms with van der Waals surface area (Å²) in [6, 6.07) is 0. The highest BCUT2D eigenvalue weighted by Crippen LogP contribution is 2.61. The van der Waals surface area contributed by atoms with Crippen LogP contribution in [0.5, 0.6) is 0 Å². The van der Waals surface area contributed by atoms with E-state index >= 15 is 0 Å². The van der Waals surface area contributed by atoms with Gasteiger partial charge in [0.1, 0.15) is 0 Å². The molecule has 0 aromatic heterocycles. The molecule has 0 bridgehead atoms. The first-order valence-electron chi connectivity index (χ1n) is 6.07. The van der Waals surface area contributed by atoms with E-state index in [0.29, 0.717) is 11.3 Å². The lowest BCUT2D eigenvalue weighted by Gasteiger charge is -2.52. The minimum absolute atomic E-state index is 0.0574. The first kappa shape index (κ1) is 10.5. The van der Waals surface area contributed by atoms with Crippen molar-refractivity contribution >= 4 is 0 Å². The maximum Gasteiger partial charge on any atom is 0.0599 e. The van der Waals surface area contributed by atoms with Crippen LogP contribution in [-0.2, 0) is 0 Å². The highest BCUT2D eigenvalue weighted by atomic mass is 16.3. The van der Waals surface area contributed by atoms with Crippen LogP contribution >= 0.6 is 0 Å². The van der Waals surface area contributed by atoms with Gasteiger partial charge < -0.3 is 5.11 Å². The lowest BCUT2D eigenvalue weighted by atomic mass is 9.55. The van der Waals surface area contributed by atoms with Crippen LogP contribution in [0.3, 0.4) is 0 Å². The van der Waals surface area contributed by atoms with Crippen molar-refractivity contribution in [1.82, 2.24) is 0 Å². The van der Waals surface area contributed by atoms with Crippen molar-refractivity contribution < 1.29 is 5.11 Å². The van der Waals surface area contributed by atoms with E-state index in [0.717, 1.165) is 12.3 Å². The molecule has 4 atom stereocenters. The van der Waals surface area contributed by atoms with Crippen LogP contribution in [0.15, 0.2) is 0 Å². The third kappa shape index (κ3) is 1.18. The predicted octanol–water partition coefficient (Wildman–Crippen LogP) is 3.22. The summed E-state index contributed by atoms with van der Waals surface area (Å²) in [5, 5.41) is 10.2. The van der Waals surface area contributed by atoms with Gasteiger partial charge in [-0.15, -0.1) is 0 Å². The van der Waals surface area contributed by atoms with Crippen molar-refractivity contribution in [2.75, 3.05) is 0 Å². The Labute approximate surface area is 87.9 Å². The molecule has 1 N–H and O–H groups in total. The molecule has 1 nitrogen and oxygen atoms in total. The predicted molar refractivity (Wildman–Crippen MR) is 59.0 cm³/mol. The number of hydrogen-bond acceptors (Lipinski definition) is 1. The highest BCUT2D eigenvalue weighted by Gasteiger charge is 2.56. The minimum atomic E-state index is -0.0574. The molecule has 0 radical (unpaired) electrons. The van der Waals surface area contributed by atoms with Gasteiger partial charge in [-0.25, -0.2) is 0 Å². The summed E-state index contributed by atoms with van der Waals surface area (Å²) in [4.78, 5) is 0. The molecule has 0 aromatic carbocycles. The number of aliphatic hydroxyl groups excluding tert-OH is 1. The Morgan fingerprint density at radius 3 is 2.29 bits per heavy atom. The van der Waals surface area contributed by atoms with Gasteiger partial charge >= 0.3 is 0 Å². The van der Waals surface area contributed by atoms with Crippen molar-refractivity contribution in [2.24, 2.45) is 22.7 Å². The van der Waals surface area contributed by atoms with Crippen LogP contribution < -0.4 is 0 Å². The van der Waals surface area contributed by atoms with Crippen LogP contribution in [0.2, 0.25) is 0 Å². The molecule has 82 valence electrons. The van der Waals surface area contributed by atoms with E-state index in [2.05, 4.69) is 27.7 Å². The lowest BCUT2D eigenvalue weighted by Crippen LogP contribution is -2.49. The average Bonchev–Trinajstić information content (AvgIpc) is 2.40. The summed E-state index contributed by atoms with van der Waals surface area (Å²) in [5.74, 6) is 1.43. The third-order valence-corrected chi connectivity index (χ3v) is 5.42. The van der Waals surface area contributed by atoms with Crippen LogP contribution in [0, 0.1) is 22.7 Å². The monoisotopic (exact) mass is 196 g/mol. The van der Waals surface area contributed by atoms with Crippen LogP contribution in [0.1, 0.15) is 53.4 Å². The molecule has 2 aliphatic rings. The Hall–Kier alpha value is -0.0400. The largest absolute Gasteiger partial charge is 0.393 e. The van der Waals surface area contributed by atoms with Crippen molar-refractivity contribution in [1.29, 1.82) is 0 Å². The molecule has 14 heavy (non-hydrogen) atoms. The van der Waals surface area contributed by atoms with Crippen LogP contribution in [-0.4, -0.2) is 11.2 Å². The summed E-state index contributed by atoms with van der Waals surface area (Å²) < 4.78 is 0. The van der Waals surface area contributed by atoms with Gasteiger partial charge in [0.25, 0.3) is 0 Å². The third-order valence-electron chi connectivity index (χ3n) is 5.42. The Morgan fingerprint density at radius 2 is 1.71 bits per heavy atom. The van der Waals surface area contributed by atoms with E-state index in [4.69, 9.17) is 0 Å². The van der Waals surface area contributed by atoms with Crippen molar-refractivity contribution in [3.05, 3.63) is 0 Å². The van der Waals surface area contributed by atoms with E-state index in [9.17, 15) is 5.11 Å². The zero-order valence-electron chi connectivity index (χ0n) is 10.0. The molecule has 0 heterocycles. The smallest absolute Gasteiger partial charge is 0.0599 e. The summed E-state index contributed by atoms with van der Waals surface area (Å²) >= 11 is 0. The van der Waals surface area contributed by atoms with E-state index in [1.54, 1.807) is 0 Å². The number of hydrogen-bond donors (Lipinski definition) is 1. The van der Waals surface area contributed by atoms with Crippen molar-refractivity contribution in [2.45, 2.75) is 59.5 Å². The van der Waals surface area contributed by atoms with Crippen LogP contribution in [0.4, 0.5) is 0 Å². The first-order valence-corrected chi connectivity index (χ1v) is 6.07. The van der Waals surface area contributed by atoms with Gasteiger partial charge in [-0.2, -0.15) is 0 Å². The highest BCUT2D eigenvalue weighted by molar-refractivity contribution is 5.05. The maximum absolute atomic E-state index is 10.2.